The Hall–Kier alpha value is -3.89. The van der Waals surface area contributed by atoms with E-state index in [1.54, 1.807) is 6.08 Å². The maximum Gasteiger partial charge on any atom is 0.156 e. The molecule has 0 bridgehead atoms. The van der Waals surface area contributed by atoms with Gasteiger partial charge < -0.3 is 4.74 Å². The Kier molecular flexibility index (Phi) is 6.06. The van der Waals surface area contributed by atoms with Crippen LogP contribution in [0.4, 0.5) is 0 Å². The number of aromatic nitrogens is 3. The molecule has 0 aliphatic rings. The summed E-state index contributed by atoms with van der Waals surface area (Å²) in [6.45, 7) is 3.84. The van der Waals surface area contributed by atoms with Crippen LogP contribution in [0.2, 0.25) is 5.02 Å². The average molecular weight is 440 g/mol. The minimum absolute atomic E-state index is 0. The first-order valence-corrected chi connectivity index (χ1v) is 10.2. The second-order valence-corrected chi connectivity index (χ2v) is 7.45. The summed E-state index contributed by atoms with van der Waals surface area (Å²) >= 11 is 6.06. The summed E-state index contributed by atoms with van der Waals surface area (Å²) in [6, 6.07) is 29.3. The Bertz CT molecular complexity index is 1360. The van der Waals surface area contributed by atoms with Crippen LogP contribution in [-0.2, 0) is 0 Å². The van der Waals surface area contributed by atoms with Crippen LogP contribution in [0.25, 0.3) is 34.2 Å². The number of hydrogen-bond donors (Lipinski definition) is 0. The molecular formula is C27H22ClN3O. The fraction of sp³-hybridized carbons (Fsp3) is 0.0370. The predicted octanol–water partition coefficient (Wildman–Crippen LogP) is 7.79. The average Bonchev–Trinajstić information content (AvgIpc) is 3.24. The van der Waals surface area contributed by atoms with Gasteiger partial charge in [0.05, 0.1) is 17.1 Å². The second kappa shape index (κ2) is 9.08. The molecule has 0 aliphatic heterocycles. The molecular weight excluding hydrogens is 418 g/mol. The van der Waals surface area contributed by atoms with E-state index in [1.165, 1.54) is 0 Å². The zero-order chi connectivity index (χ0) is 21.2. The molecule has 158 valence electrons. The highest BCUT2D eigenvalue weighted by Gasteiger charge is 2.12. The summed E-state index contributed by atoms with van der Waals surface area (Å²) < 4.78 is 7.76. The number of ether oxygens (including phenoxy) is 1. The molecule has 5 rings (SSSR count). The van der Waals surface area contributed by atoms with E-state index in [0.29, 0.717) is 5.02 Å². The van der Waals surface area contributed by atoms with Crippen molar-refractivity contribution in [2.75, 3.05) is 0 Å². The van der Waals surface area contributed by atoms with Gasteiger partial charge in [-0.05, 0) is 60.7 Å². The van der Waals surface area contributed by atoms with E-state index in [-0.39, 0.29) is 7.43 Å². The van der Waals surface area contributed by atoms with Crippen LogP contribution in [0, 0.1) is 0 Å². The Morgan fingerprint density at radius 2 is 1.47 bits per heavy atom. The first-order chi connectivity index (χ1) is 15.2. The zero-order valence-corrected chi connectivity index (χ0v) is 17.3. The molecule has 4 nitrogen and oxygen atoms in total. The van der Waals surface area contributed by atoms with Crippen molar-refractivity contribution in [3.05, 3.63) is 108 Å². The van der Waals surface area contributed by atoms with Crippen molar-refractivity contribution in [1.82, 2.24) is 14.6 Å². The molecule has 2 aromatic heterocycles. The van der Waals surface area contributed by atoms with Gasteiger partial charge in [-0.15, -0.1) is 0 Å². The minimum Gasteiger partial charge on any atom is -0.457 e. The third kappa shape index (κ3) is 4.27. The maximum absolute atomic E-state index is 6.06. The van der Waals surface area contributed by atoms with Gasteiger partial charge in [0.2, 0.25) is 0 Å². The van der Waals surface area contributed by atoms with Crippen molar-refractivity contribution in [2.45, 2.75) is 7.43 Å². The highest BCUT2D eigenvalue weighted by atomic mass is 35.5. The molecule has 0 saturated carbocycles. The Balaban J connectivity index is 0.00000245. The zero-order valence-electron chi connectivity index (χ0n) is 16.6. The molecule has 3 aromatic carbocycles. The maximum atomic E-state index is 6.06. The molecule has 0 fully saturated rings. The number of fused-ring (bicyclic) bond motifs is 1. The topological polar surface area (TPSA) is 39.4 Å². The Labute approximate surface area is 192 Å². The smallest absolute Gasteiger partial charge is 0.156 e. The summed E-state index contributed by atoms with van der Waals surface area (Å²) in [5, 5.41) is 5.32. The lowest BCUT2D eigenvalue weighted by Crippen LogP contribution is -1.98. The van der Waals surface area contributed by atoms with Gasteiger partial charge >= 0.3 is 0 Å². The van der Waals surface area contributed by atoms with Crippen LogP contribution in [0.3, 0.4) is 0 Å². The van der Waals surface area contributed by atoms with Crippen molar-refractivity contribution < 1.29 is 4.74 Å². The minimum atomic E-state index is 0. The quantitative estimate of drug-likeness (QED) is 0.280. The fourth-order valence-electron chi connectivity index (χ4n) is 3.38. The molecule has 2 heterocycles. The van der Waals surface area contributed by atoms with Crippen LogP contribution in [0.5, 0.6) is 11.5 Å². The number of nitrogens with zero attached hydrogens (tertiary/aromatic N) is 3. The normalized spacial score (nSPS) is 10.5. The first kappa shape index (κ1) is 21.3. The Morgan fingerprint density at radius 1 is 0.812 bits per heavy atom. The van der Waals surface area contributed by atoms with Crippen LogP contribution in [-0.4, -0.2) is 14.6 Å². The van der Waals surface area contributed by atoms with Gasteiger partial charge in [0.1, 0.15) is 11.5 Å². The van der Waals surface area contributed by atoms with Crippen molar-refractivity contribution in [1.29, 1.82) is 0 Å². The molecule has 0 saturated heterocycles. The van der Waals surface area contributed by atoms with Crippen LogP contribution >= 0.6 is 11.6 Å². The number of hydrogen-bond acceptors (Lipinski definition) is 3. The fourth-order valence-corrected chi connectivity index (χ4v) is 3.51. The largest absolute Gasteiger partial charge is 0.457 e. The molecule has 0 radical (unpaired) electrons. The van der Waals surface area contributed by atoms with E-state index in [0.717, 1.165) is 45.4 Å². The van der Waals surface area contributed by atoms with Gasteiger partial charge in [0, 0.05) is 22.2 Å². The highest BCUT2D eigenvalue weighted by molar-refractivity contribution is 6.30. The van der Waals surface area contributed by atoms with Crippen molar-refractivity contribution in [3.63, 3.8) is 0 Å². The summed E-state index contributed by atoms with van der Waals surface area (Å²) in [6.07, 6.45) is 1.72. The molecule has 0 atom stereocenters. The van der Waals surface area contributed by atoms with E-state index in [1.807, 2.05) is 95.5 Å². The third-order valence-electron chi connectivity index (χ3n) is 4.92. The summed E-state index contributed by atoms with van der Waals surface area (Å²) in [5.74, 6) is 1.57. The third-order valence-corrected chi connectivity index (χ3v) is 5.18. The van der Waals surface area contributed by atoms with Crippen molar-refractivity contribution >= 4 is 23.3 Å². The van der Waals surface area contributed by atoms with Gasteiger partial charge in [-0.25, -0.2) is 9.50 Å². The molecule has 5 heteroatoms. The lowest BCUT2D eigenvalue weighted by molar-refractivity contribution is 0.483. The lowest BCUT2D eigenvalue weighted by Gasteiger charge is -2.10. The van der Waals surface area contributed by atoms with Crippen LogP contribution < -0.4 is 4.74 Å². The predicted molar refractivity (Wildman–Crippen MR) is 132 cm³/mol. The number of para-hydroxylation sites is 1. The molecule has 32 heavy (non-hydrogen) atoms. The van der Waals surface area contributed by atoms with E-state index >= 15 is 0 Å². The van der Waals surface area contributed by atoms with Crippen LogP contribution in [0.1, 0.15) is 13.1 Å². The lowest BCUT2D eigenvalue weighted by atomic mass is 10.1. The molecule has 0 amide bonds. The summed E-state index contributed by atoms with van der Waals surface area (Å²) in [5.41, 5.74) is 5.28. The Morgan fingerprint density at radius 3 is 2.16 bits per heavy atom. The molecule has 0 N–H and O–H groups in total. The standard InChI is InChI=1S/C26H18ClN3O.CH4/c1-2-21-16-26-28-24(18-8-12-20(27)13-9-18)17-25(30(26)29-21)19-10-14-23(15-11-19)31-22-6-4-3-5-7-22;/h2-17H,1H2;1H4. The molecule has 0 aliphatic carbocycles. The van der Waals surface area contributed by atoms with Crippen LogP contribution in [0.15, 0.2) is 97.6 Å². The SMILES string of the molecule is C.C=Cc1cc2nc(-c3ccc(Cl)cc3)cc(-c3ccc(Oc4ccccc4)cc3)n2n1. The van der Waals surface area contributed by atoms with Crippen molar-refractivity contribution in [3.8, 4) is 34.0 Å². The van der Waals surface area contributed by atoms with Gasteiger partial charge in [0.15, 0.2) is 5.65 Å². The van der Waals surface area contributed by atoms with Crippen molar-refractivity contribution in [2.24, 2.45) is 0 Å². The summed E-state index contributed by atoms with van der Waals surface area (Å²) in [4.78, 5) is 4.79. The number of benzene rings is 3. The van der Waals surface area contributed by atoms with Gasteiger partial charge in [-0.3, -0.25) is 0 Å². The number of halogens is 1. The molecule has 0 unspecified atom stereocenters. The van der Waals surface area contributed by atoms with E-state index in [9.17, 15) is 0 Å². The second-order valence-electron chi connectivity index (χ2n) is 7.02. The van der Waals surface area contributed by atoms with E-state index < -0.39 is 0 Å². The summed E-state index contributed by atoms with van der Waals surface area (Å²) in [7, 11) is 0. The van der Waals surface area contributed by atoms with Gasteiger partial charge in [-0.1, -0.05) is 55.9 Å². The number of rotatable bonds is 5. The first-order valence-electron chi connectivity index (χ1n) is 9.82. The van der Waals surface area contributed by atoms with E-state index in [4.69, 9.17) is 21.3 Å². The molecule has 5 aromatic rings. The highest BCUT2D eigenvalue weighted by Crippen LogP contribution is 2.30. The molecule has 0 spiro atoms. The van der Waals surface area contributed by atoms with Gasteiger partial charge in [0.25, 0.3) is 0 Å². The monoisotopic (exact) mass is 439 g/mol. The van der Waals surface area contributed by atoms with Gasteiger partial charge in [-0.2, -0.15) is 5.10 Å². The van der Waals surface area contributed by atoms with E-state index in [2.05, 4.69) is 11.7 Å².